The topological polar surface area (TPSA) is 64.3 Å². The summed E-state index contributed by atoms with van der Waals surface area (Å²) in [5.41, 5.74) is 8.57. The standard InChI is InChI=1S/C17H20N2O2/c1-13-5-4-7-15(11-13)21-10-9-17(20)19-12-14-6-2-3-8-16(14)18/h2-8,11H,9-10,12,18H2,1H3,(H,19,20). The lowest BCUT2D eigenvalue weighted by Gasteiger charge is -2.09. The highest BCUT2D eigenvalue weighted by atomic mass is 16.5. The summed E-state index contributed by atoms with van der Waals surface area (Å²) < 4.78 is 5.55. The molecule has 0 spiro atoms. The molecule has 0 aliphatic rings. The number of carbonyl (C=O) groups excluding carboxylic acids is 1. The molecule has 0 heterocycles. The minimum absolute atomic E-state index is 0.0501. The van der Waals surface area contributed by atoms with E-state index in [4.69, 9.17) is 10.5 Å². The monoisotopic (exact) mass is 284 g/mol. The zero-order valence-corrected chi connectivity index (χ0v) is 12.1. The summed E-state index contributed by atoms with van der Waals surface area (Å²) in [6, 6.07) is 15.3. The van der Waals surface area contributed by atoms with Crippen molar-refractivity contribution in [2.75, 3.05) is 12.3 Å². The lowest BCUT2D eigenvalue weighted by molar-refractivity contribution is -0.121. The van der Waals surface area contributed by atoms with Crippen LogP contribution in [0.1, 0.15) is 17.5 Å². The van der Waals surface area contributed by atoms with Gasteiger partial charge in [-0.3, -0.25) is 4.79 Å². The second kappa shape index (κ2) is 7.33. The molecule has 2 aromatic rings. The number of rotatable bonds is 6. The Hall–Kier alpha value is -2.49. The van der Waals surface area contributed by atoms with Crippen LogP contribution in [-0.4, -0.2) is 12.5 Å². The number of carbonyl (C=O) groups is 1. The van der Waals surface area contributed by atoms with Crippen LogP contribution in [0.15, 0.2) is 48.5 Å². The van der Waals surface area contributed by atoms with Gasteiger partial charge >= 0.3 is 0 Å². The van der Waals surface area contributed by atoms with Crippen molar-refractivity contribution in [3.05, 3.63) is 59.7 Å². The molecule has 0 saturated heterocycles. The number of aryl methyl sites for hydroxylation is 1. The van der Waals surface area contributed by atoms with Gasteiger partial charge in [0.1, 0.15) is 5.75 Å². The van der Waals surface area contributed by atoms with E-state index in [1.54, 1.807) is 0 Å². The average molecular weight is 284 g/mol. The Balaban J connectivity index is 1.72. The van der Waals surface area contributed by atoms with E-state index < -0.39 is 0 Å². The second-order valence-electron chi connectivity index (χ2n) is 4.89. The molecule has 0 aromatic heterocycles. The molecule has 21 heavy (non-hydrogen) atoms. The highest BCUT2D eigenvalue weighted by Crippen LogP contribution is 2.12. The van der Waals surface area contributed by atoms with Gasteiger partial charge in [0.15, 0.2) is 0 Å². The molecule has 1 amide bonds. The number of nitrogen functional groups attached to an aromatic ring is 1. The Labute approximate surface area is 124 Å². The van der Waals surface area contributed by atoms with E-state index in [1.165, 1.54) is 0 Å². The molecule has 0 saturated carbocycles. The van der Waals surface area contributed by atoms with Crippen LogP contribution < -0.4 is 15.8 Å². The molecule has 0 fully saturated rings. The number of benzene rings is 2. The smallest absolute Gasteiger partial charge is 0.223 e. The molecular weight excluding hydrogens is 264 g/mol. The Morgan fingerprint density at radius 2 is 2.00 bits per heavy atom. The lowest BCUT2D eigenvalue weighted by Crippen LogP contribution is -2.24. The number of nitrogens with one attached hydrogen (secondary N) is 1. The van der Waals surface area contributed by atoms with E-state index in [9.17, 15) is 4.79 Å². The van der Waals surface area contributed by atoms with E-state index in [0.717, 1.165) is 16.9 Å². The first-order chi connectivity index (χ1) is 10.1. The van der Waals surface area contributed by atoms with E-state index in [2.05, 4.69) is 5.32 Å². The fourth-order valence-electron chi connectivity index (χ4n) is 1.94. The van der Waals surface area contributed by atoms with Gasteiger partial charge in [-0.25, -0.2) is 0 Å². The number of hydrogen-bond donors (Lipinski definition) is 2. The molecule has 0 aliphatic heterocycles. The molecule has 2 rings (SSSR count). The van der Waals surface area contributed by atoms with Crippen molar-refractivity contribution in [2.24, 2.45) is 0 Å². The van der Waals surface area contributed by atoms with E-state index in [1.807, 2.05) is 55.5 Å². The van der Waals surface area contributed by atoms with Gasteiger partial charge in [0.2, 0.25) is 5.91 Å². The van der Waals surface area contributed by atoms with Crippen molar-refractivity contribution in [2.45, 2.75) is 19.9 Å². The molecule has 0 aliphatic carbocycles. The van der Waals surface area contributed by atoms with Crippen LogP contribution in [0, 0.1) is 6.92 Å². The molecule has 0 radical (unpaired) electrons. The van der Waals surface area contributed by atoms with Crippen LogP contribution in [-0.2, 0) is 11.3 Å². The van der Waals surface area contributed by atoms with Crippen molar-refractivity contribution in [1.82, 2.24) is 5.32 Å². The van der Waals surface area contributed by atoms with Crippen molar-refractivity contribution < 1.29 is 9.53 Å². The third-order valence-electron chi connectivity index (χ3n) is 3.12. The van der Waals surface area contributed by atoms with Gasteiger partial charge in [-0.05, 0) is 36.2 Å². The number of para-hydroxylation sites is 1. The van der Waals surface area contributed by atoms with E-state index >= 15 is 0 Å². The number of nitrogens with two attached hydrogens (primary N) is 1. The predicted molar refractivity (Wildman–Crippen MR) is 84.0 cm³/mol. The summed E-state index contributed by atoms with van der Waals surface area (Å²) in [5.74, 6) is 0.737. The average Bonchev–Trinajstić information content (AvgIpc) is 2.46. The van der Waals surface area contributed by atoms with Crippen molar-refractivity contribution in [3.63, 3.8) is 0 Å². The van der Waals surface area contributed by atoms with Gasteiger partial charge in [0.05, 0.1) is 13.0 Å². The highest BCUT2D eigenvalue weighted by Gasteiger charge is 2.04. The Morgan fingerprint density at radius 1 is 1.19 bits per heavy atom. The first-order valence-electron chi connectivity index (χ1n) is 6.94. The first kappa shape index (κ1) is 14.9. The minimum atomic E-state index is -0.0501. The van der Waals surface area contributed by atoms with Gasteiger partial charge in [-0.1, -0.05) is 30.3 Å². The molecule has 0 unspecified atom stereocenters. The van der Waals surface area contributed by atoms with Gasteiger partial charge in [-0.15, -0.1) is 0 Å². The van der Waals surface area contributed by atoms with Crippen molar-refractivity contribution in [3.8, 4) is 5.75 Å². The number of hydrogen-bond acceptors (Lipinski definition) is 3. The van der Waals surface area contributed by atoms with Crippen LogP contribution in [0.2, 0.25) is 0 Å². The summed E-state index contributed by atoms with van der Waals surface area (Å²) in [7, 11) is 0. The van der Waals surface area contributed by atoms with E-state index in [-0.39, 0.29) is 5.91 Å². The first-order valence-corrected chi connectivity index (χ1v) is 6.94. The quantitative estimate of drug-likeness (QED) is 0.802. The van der Waals surface area contributed by atoms with Crippen molar-refractivity contribution >= 4 is 11.6 Å². The molecular formula is C17H20N2O2. The van der Waals surface area contributed by atoms with Crippen LogP contribution >= 0.6 is 0 Å². The fourth-order valence-corrected chi connectivity index (χ4v) is 1.94. The zero-order valence-electron chi connectivity index (χ0n) is 12.1. The third kappa shape index (κ3) is 4.84. The largest absolute Gasteiger partial charge is 0.493 e. The Morgan fingerprint density at radius 3 is 2.76 bits per heavy atom. The zero-order chi connectivity index (χ0) is 15.1. The van der Waals surface area contributed by atoms with Gasteiger partial charge in [0.25, 0.3) is 0 Å². The summed E-state index contributed by atoms with van der Waals surface area (Å²) in [5, 5.41) is 2.84. The summed E-state index contributed by atoms with van der Waals surface area (Å²) in [6.45, 7) is 2.80. The molecule has 4 nitrogen and oxygen atoms in total. The van der Waals surface area contributed by atoms with Gasteiger partial charge < -0.3 is 15.8 Å². The second-order valence-corrected chi connectivity index (χ2v) is 4.89. The molecule has 3 N–H and O–H groups in total. The predicted octanol–water partition coefficient (Wildman–Crippen LogP) is 2.66. The molecule has 2 aromatic carbocycles. The fraction of sp³-hybridized carbons (Fsp3) is 0.235. The lowest BCUT2D eigenvalue weighted by atomic mass is 10.2. The Kier molecular flexibility index (Phi) is 5.21. The molecule has 0 atom stereocenters. The van der Waals surface area contributed by atoms with Crippen LogP contribution in [0.25, 0.3) is 0 Å². The maximum Gasteiger partial charge on any atom is 0.223 e. The molecule has 0 bridgehead atoms. The maximum absolute atomic E-state index is 11.8. The van der Waals surface area contributed by atoms with Crippen molar-refractivity contribution in [1.29, 1.82) is 0 Å². The Bertz CT molecular complexity index is 611. The van der Waals surface area contributed by atoms with Crippen LogP contribution in [0.5, 0.6) is 5.75 Å². The van der Waals surface area contributed by atoms with Crippen LogP contribution in [0.4, 0.5) is 5.69 Å². The maximum atomic E-state index is 11.8. The summed E-state index contributed by atoms with van der Waals surface area (Å²) >= 11 is 0. The number of ether oxygens (including phenoxy) is 1. The highest BCUT2D eigenvalue weighted by molar-refractivity contribution is 5.76. The normalized spacial score (nSPS) is 10.1. The SMILES string of the molecule is Cc1cccc(OCCC(=O)NCc2ccccc2N)c1. The summed E-state index contributed by atoms with van der Waals surface area (Å²) in [6.07, 6.45) is 0.320. The molecule has 4 heteroatoms. The minimum Gasteiger partial charge on any atom is -0.493 e. The van der Waals surface area contributed by atoms with Crippen LogP contribution in [0.3, 0.4) is 0 Å². The number of amides is 1. The molecule has 110 valence electrons. The number of anilines is 1. The summed E-state index contributed by atoms with van der Waals surface area (Å²) in [4.78, 5) is 11.8. The third-order valence-corrected chi connectivity index (χ3v) is 3.12. The van der Waals surface area contributed by atoms with Gasteiger partial charge in [-0.2, -0.15) is 0 Å². The van der Waals surface area contributed by atoms with E-state index in [0.29, 0.717) is 25.3 Å². The van der Waals surface area contributed by atoms with Gasteiger partial charge in [0, 0.05) is 12.2 Å².